The van der Waals surface area contributed by atoms with Crippen molar-refractivity contribution in [3.8, 4) is 0 Å². The Hall–Kier alpha value is -0.0800. The maximum atomic E-state index is 5.78. The molecule has 2 nitrogen and oxygen atoms in total. The molecule has 2 heteroatoms. The highest BCUT2D eigenvalue weighted by Crippen LogP contribution is 2.22. The Morgan fingerprint density at radius 2 is 1.77 bits per heavy atom. The van der Waals surface area contributed by atoms with Gasteiger partial charge in [-0.1, -0.05) is 20.8 Å². The third kappa shape index (κ3) is 3.28. The maximum absolute atomic E-state index is 5.78. The molecule has 0 saturated carbocycles. The number of rotatable bonds is 5. The minimum Gasteiger partial charge on any atom is -0.329 e. The first-order valence-electron chi connectivity index (χ1n) is 5.29. The standard InChI is InChI=1S/C11H26N2/c1-7-11(4,5)13(6)10(8-12)9(2)3/h9-10H,7-8,12H2,1-6H3. The predicted molar refractivity (Wildman–Crippen MR) is 59.8 cm³/mol. The van der Waals surface area contributed by atoms with Crippen molar-refractivity contribution in [3.63, 3.8) is 0 Å². The van der Waals surface area contributed by atoms with Gasteiger partial charge in [-0.05, 0) is 33.2 Å². The van der Waals surface area contributed by atoms with Crippen molar-refractivity contribution in [3.05, 3.63) is 0 Å². The van der Waals surface area contributed by atoms with Crippen LogP contribution < -0.4 is 5.73 Å². The largest absolute Gasteiger partial charge is 0.329 e. The van der Waals surface area contributed by atoms with E-state index in [2.05, 4.69) is 46.6 Å². The van der Waals surface area contributed by atoms with Crippen LogP contribution in [0.2, 0.25) is 0 Å². The van der Waals surface area contributed by atoms with Crippen molar-refractivity contribution in [2.24, 2.45) is 11.7 Å². The molecule has 0 aliphatic heterocycles. The summed E-state index contributed by atoms with van der Waals surface area (Å²) in [6.07, 6.45) is 1.16. The van der Waals surface area contributed by atoms with Gasteiger partial charge < -0.3 is 5.73 Å². The average Bonchev–Trinajstić information content (AvgIpc) is 2.05. The third-order valence-electron chi connectivity index (χ3n) is 3.33. The summed E-state index contributed by atoms with van der Waals surface area (Å²) in [7, 11) is 2.18. The van der Waals surface area contributed by atoms with E-state index in [4.69, 9.17) is 5.73 Å². The molecule has 0 amide bonds. The highest BCUT2D eigenvalue weighted by Gasteiger charge is 2.28. The van der Waals surface area contributed by atoms with Gasteiger partial charge in [0.2, 0.25) is 0 Å². The van der Waals surface area contributed by atoms with E-state index in [0.717, 1.165) is 13.0 Å². The lowest BCUT2D eigenvalue weighted by Crippen LogP contribution is -2.52. The first kappa shape index (κ1) is 12.9. The van der Waals surface area contributed by atoms with E-state index in [-0.39, 0.29) is 5.54 Å². The monoisotopic (exact) mass is 186 g/mol. The van der Waals surface area contributed by atoms with Gasteiger partial charge in [0.25, 0.3) is 0 Å². The number of nitrogens with zero attached hydrogens (tertiary/aromatic N) is 1. The van der Waals surface area contributed by atoms with Crippen LogP contribution in [-0.4, -0.2) is 30.1 Å². The Bertz CT molecular complexity index is 141. The molecule has 2 N–H and O–H groups in total. The highest BCUT2D eigenvalue weighted by molar-refractivity contribution is 4.85. The lowest BCUT2D eigenvalue weighted by molar-refractivity contribution is 0.0759. The molecule has 0 fully saturated rings. The van der Waals surface area contributed by atoms with Gasteiger partial charge in [-0.25, -0.2) is 0 Å². The molecule has 80 valence electrons. The van der Waals surface area contributed by atoms with E-state index in [0.29, 0.717) is 12.0 Å². The van der Waals surface area contributed by atoms with E-state index in [1.807, 2.05) is 0 Å². The highest BCUT2D eigenvalue weighted by atomic mass is 15.2. The molecule has 0 aliphatic carbocycles. The second kappa shape index (κ2) is 4.97. The lowest BCUT2D eigenvalue weighted by Gasteiger charge is -2.42. The topological polar surface area (TPSA) is 29.3 Å². The molecule has 0 rings (SSSR count). The van der Waals surface area contributed by atoms with E-state index in [1.165, 1.54) is 0 Å². The Kier molecular flexibility index (Phi) is 4.93. The fraction of sp³-hybridized carbons (Fsp3) is 1.00. The van der Waals surface area contributed by atoms with Crippen molar-refractivity contribution in [1.82, 2.24) is 4.90 Å². The first-order valence-corrected chi connectivity index (χ1v) is 5.29. The predicted octanol–water partition coefficient (Wildman–Crippen LogP) is 2.09. The minimum atomic E-state index is 0.258. The lowest BCUT2D eigenvalue weighted by atomic mass is 9.93. The van der Waals surface area contributed by atoms with E-state index in [9.17, 15) is 0 Å². The van der Waals surface area contributed by atoms with Gasteiger partial charge >= 0.3 is 0 Å². The Labute approximate surface area is 83.5 Å². The summed E-state index contributed by atoms with van der Waals surface area (Å²) >= 11 is 0. The van der Waals surface area contributed by atoms with Gasteiger partial charge in [0.15, 0.2) is 0 Å². The molecule has 1 unspecified atom stereocenters. The molecular formula is C11H26N2. The van der Waals surface area contributed by atoms with Crippen LogP contribution >= 0.6 is 0 Å². The van der Waals surface area contributed by atoms with Gasteiger partial charge in [-0.2, -0.15) is 0 Å². The summed E-state index contributed by atoms with van der Waals surface area (Å²) in [6, 6.07) is 0.495. The molecule has 1 atom stereocenters. The maximum Gasteiger partial charge on any atom is 0.0243 e. The molecule has 0 aromatic carbocycles. The Morgan fingerprint density at radius 3 is 2.00 bits per heavy atom. The normalized spacial score (nSPS) is 15.5. The molecular weight excluding hydrogens is 160 g/mol. The van der Waals surface area contributed by atoms with Gasteiger partial charge in [-0.3, -0.25) is 4.90 Å². The molecule has 0 saturated heterocycles. The fourth-order valence-electron chi connectivity index (χ4n) is 1.58. The molecule has 0 aliphatic rings. The van der Waals surface area contributed by atoms with Crippen LogP contribution in [0.15, 0.2) is 0 Å². The van der Waals surface area contributed by atoms with E-state index >= 15 is 0 Å². The van der Waals surface area contributed by atoms with Crippen LogP contribution in [0.4, 0.5) is 0 Å². The first-order chi connectivity index (χ1) is 5.86. The summed E-state index contributed by atoms with van der Waals surface area (Å²) in [5.74, 6) is 0.626. The van der Waals surface area contributed by atoms with E-state index < -0.39 is 0 Å². The molecule has 0 aromatic rings. The molecule has 0 radical (unpaired) electrons. The van der Waals surface area contributed by atoms with Crippen molar-refractivity contribution in [2.45, 2.75) is 52.6 Å². The Morgan fingerprint density at radius 1 is 1.31 bits per heavy atom. The zero-order valence-electron chi connectivity index (χ0n) is 10.1. The number of hydrogen-bond acceptors (Lipinski definition) is 2. The van der Waals surface area contributed by atoms with Crippen LogP contribution in [-0.2, 0) is 0 Å². The quantitative estimate of drug-likeness (QED) is 0.712. The summed E-state index contributed by atoms with van der Waals surface area (Å²) in [5.41, 5.74) is 6.04. The Balaban J connectivity index is 4.44. The van der Waals surface area contributed by atoms with E-state index in [1.54, 1.807) is 0 Å². The third-order valence-corrected chi connectivity index (χ3v) is 3.33. The molecule has 0 spiro atoms. The van der Waals surface area contributed by atoms with Crippen molar-refractivity contribution in [2.75, 3.05) is 13.6 Å². The second-order valence-corrected chi connectivity index (χ2v) is 4.82. The molecule has 0 heterocycles. The van der Waals surface area contributed by atoms with Gasteiger partial charge in [0, 0.05) is 18.1 Å². The minimum absolute atomic E-state index is 0.258. The second-order valence-electron chi connectivity index (χ2n) is 4.82. The van der Waals surface area contributed by atoms with Crippen LogP contribution in [0.1, 0.15) is 41.0 Å². The van der Waals surface area contributed by atoms with Crippen LogP contribution in [0, 0.1) is 5.92 Å². The van der Waals surface area contributed by atoms with Crippen LogP contribution in [0.3, 0.4) is 0 Å². The van der Waals surface area contributed by atoms with Crippen LogP contribution in [0.25, 0.3) is 0 Å². The van der Waals surface area contributed by atoms with Crippen molar-refractivity contribution < 1.29 is 0 Å². The van der Waals surface area contributed by atoms with Gasteiger partial charge in [-0.15, -0.1) is 0 Å². The SMILES string of the molecule is CCC(C)(C)N(C)C(CN)C(C)C. The zero-order valence-corrected chi connectivity index (χ0v) is 10.1. The van der Waals surface area contributed by atoms with Crippen molar-refractivity contribution >= 4 is 0 Å². The molecule has 13 heavy (non-hydrogen) atoms. The van der Waals surface area contributed by atoms with Gasteiger partial charge in [0.1, 0.15) is 0 Å². The van der Waals surface area contributed by atoms with Crippen LogP contribution in [0.5, 0.6) is 0 Å². The number of nitrogens with two attached hydrogens (primary N) is 1. The summed E-state index contributed by atoms with van der Waals surface area (Å²) < 4.78 is 0. The summed E-state index contributed by atoms with van der Waals surface area (Å²) in [4.78, 5) is 2.41. The summed E-state index contributed by atoms with van der Waals surface area (Å²) in [6.45, 7) is 12.0. The zero-order chi connectivity index (χ0) is 10.6. The van der Waals surface area contributed by atoms with Gasteiger partial charge in [0.05, 0.1) is 0 Å². The summed E-state index contributed by atoms with van der Waals surface area (Å²) in [5, 5.41) is 0. The molecule has 0 aromatic heterocycles. The fourth-order valence-corrected chi connectivity index (χ4v) is 1.58. The number of hydrogen-bond donors (Lipinski definition) is 1. The smallest absolute Gasteiger partial charge is 0.0243 e. The van der Waals surface area contributed by atoms with Crippen molar-refractivity contribution in [1.29, 1.82) is 0 Å². The average molecular weight is 186 g/mol. The molecule has 0 bridgehead atoms. The number of likely N-dealkylation sites (N-methyl/N-ethyl adjacent to an activating group) is 1.